The second kappa shape index (κ2) is 9.08. The Bertz CT molecular complexity index is 1110. The summed E-state index contributed by atoms with van der Waals surface area (Å²) in [4.78, 5) is 46.6. The van der Waals surface area contributed by atoms with E-state index in [-0.39, 0.29) is 30.9 Å². The van der Waals surface area contributed by atoms with E-state index in [1.54, 1.807) is 47.1 Å². The lowest BCUT2D eigenvalue weighted by Gasteiger charge is -2.37. The number of halogens is 1. The zero-order valence-corrected chi connectivity index (χ0v) is 20.6. The second-order valence-corrected chi connectivity index (χ2v) is 10.0. The number of aliphatic hydroxyl groups excluding tert-OH is 1. The molecule has 0 aromatic heterocycles. The Hall–Kier alpha value is -2.68. The average Bonchev–Trinajstić information content (AvgIpc) is 3.17. The van der Waals surface area contributed by atoms with E-state index in [1.165, 1.54) is 4.90 Å². The van der Waals surface area contributed by atoms with Crippen LogP contribution in [0.15, 0.2) is 48.6 Å². The minimum absolute atomic E-state index is 0.137. The lowest BCUT2D eigenvalue weighted by Crippen LogP contribution is -2.57. The van der Waals surface area contributed by atoms with E-state index in [0.29, 0.717) is 23.8 Å². The Morgan fingerprint density at radius 2 is 1.91 bits per heavy atom. The van der Waals surface area contributed by atoms with Crippen molar-refractivity contribution in [2.24, 2.45) is 11.8 Å². The van der Waals surface area contributed by atoms with Crippen LogP contribution in [0.2, 0.25) is 5.02 Å². The van der Waals surface area contributed by atoms with Crippen LogP contribution in [0.3, 0.4) is 0 Å². The van der Waals surface area contributed by atoms with Crippen LogP contribution >= 0.6 is 11.6 Å². The second-order valence-electron chi connectivity index (χ2n) is 9.63. The molecule has 0 bridgehead atoms. The molecule has 2 fully saturated rings. The van der Waals surface area contributed by atoms with E-state index in [1.807, 2.05) is 25.2 Å². The molecule has 5 rings (SSSR count). The van der Waals surface area contributed by atoms with E-state index in [9.17, 15) is 19.5 Å². The Kier molecular flexibility index (Phi) is 6.23. The standard InChI is InChI=1S/C26H30ClN3O5/c1-3-12-28-13-6-10-19-20(23(28)32)21-24(33)30(16(2)15-31)22-25(34)29(14-7-11-26(21,22)35-19)18-9-5-4-8-17(18)27/h4-11,16,19-22,31H,3,12-15H2,1-2H3/t16-,19-,20+,21+,22?,26+/m1/s1. The molecule has 4 heterocycles. The van der Waals surface area contributed by atoms with E-state index < -0.39 is 35.6 Å². The molecule has 9 heteroatoms. The van der Waals surface area contributed by atoms with Crippen molar-refractivity contribution in [2.45, 2.75) is 44.1 Å². The number of nitrogens with zero attached hydrogens (tertiary/aromatic N) is 3. The molecule has 6 atom stereocenters. The fourth-order valence-corrected chi connectivity index (χ4v) is 6.29. The molecule has 0 saturated carbocycles. The Morgan fingerprint density at radius 1 is 1.14 bits per heavy atom. The van der Waals surface area contributed by atoms with Gasteiger partial charge in [0.25, 0.3) is 5.91 Å². The van der Waals surface area contributed by atoms with Gasteiger partial charge < -0.3 is 24.5 Å². The topological polar surface area (TPSA) is 90.4 Å². The number of rotatable bonds is 5. The van der Waals surface area contributed by atoms with Crippen LogP contribution in [0.5, 0.6) is 0 Å². The van der Waals surface area contributed by atoms with Gasteiger partial charge in [0.05, 0.1) is 41.3 Å². The molecule has 1 aromatic carbocycles. The minimum atomic E-state index is -1.32. The van der Waals surface area contributed by atoms with E-state index >= 15 is 0 Å². The third-order valence-electron chi connectivity index (χ3n) is 7.56. The van der Waals surface area contributed by atoms with Crippen molar-refractivity contribution in [1.29, 1.82) is 0 Å². The number of hydrogen-bond acceptors (Lipinski definition) is 5. The molecular formula is C26H30ClN3O5. The zero-order chi connectivity index (χ0) is 24.9. The van der Waals surface area contributed by atoms with E-state index in [4.69, 9.17) is 16.3 Å². The predicted octanol–water partition coefficient (Wildman–Crippen LogP) is 2.01. The van der Waals surface area contributed by atoms with Gasteiger partial charge in [0, 0.05) is 19.6 Å². The van der Waals surface area contributed by atoms with Gasteiger partial charge in [0.15, 0.2) is 0 Å². The first kappa shape index (κ1) is 24.0. The first-order valence-electron chi connectivity index (χ1n) is 12.2. The summed E-state index contributed by atoms with van der Waals surface area (Å²) in [5.41, 5.74) is -0.788. The first-order chi connectivity index (χ1) is 16.9. The minimum Gasteiger partial charge on any atom is -0.394 e. The number of fused-ring (bicyclic) bond motifs is 2. The molecule has 35 heavy (non-hydrogen) atoms. The van der Waals surface area contributed by atoms with Crippen molar-refractivity contribution in [3.05, 3.63) is 53.6 Å². The van der Waals surface area contributed by atoms with E-state index in [0.717, 1.165) is 6.42 Å². The molecule has 1 aromatic rings. The molecule has 0 radical (unpaired) electrons. The fraction of sp³-hybridized carbons (Fsp3) is 0.500. The molecular weight excluding hydrogens is 470 g/mol. The Morgan fingerprint density at radius 3 is 2.63 bits per heavy atom. The molecule has 8 nitrogen and oxygen atoms in total. The number of amides is 3. The largest absolute Gasteiger partial charge is 0.394 e. The van der Waals surface area contributed by atoms with Gasteiger partial charge in [-0.15, -0.1) is 0 Å². The summed E-state index contributed by atoms with van der Waals surface area (Å²) in [5.74, 6) is -2.44. The highest BCUT2D eigenvalue weighted by atomic mass is 35.5. The number of para-hydroxylation sites is 1. The molecule has 1 N–H and O–H groups in total. The zero-order valence-electron chi connectivity index (χ0n) is 19.8. The normalized spacial score (nSPS) is 32.9. The molecule has 2 saturated heterocycles. The van der Waals surface area contributed by atoms with Gasteiger partial charge in [-0.1, -0.05) is 55.0 Å². The third-order valence-corrected chi connectivity index (χ3v) is 7.88. The maximum absolute atomic E-state index is 14.2. The van der Waals surface area contributed by atoms with Crippen molar-refractivity contribution in [3.8, 4) is 0 Å². The number of anilines is 1. The molecule has 4 aliphatic heterocycles. The quantitative estimate of drug-likeness (QED) is 0.626. The fourth-order valence-electron chi connectivity index (χ4n) is 6.05. The highest BCUT2D eigenvalue weighted by molar-refractivity contribution is 6.34. The van der Waals surface area contributed by atoms with Crippen LogP contribution in [0.4, 0.5) is 5.69 Å². The van der Waals surface area contributed by atoms with Crippen LogP contribution in [0.25, 0.3) is 0 Å². The highest BCUT2D eigenvalue weighted by Crippen LogP contribution is 2.54. The van der Waals surface area contributed by atoms with Crippen LogP contribution < -0.4 is 4.90 Å². The average molecular weight is 500 g/mol. The van der Waals surface area contributed by atoms with Crippen molar-refractivity contribution in [2.75, 3.05) is 31.1 Å². The Balaban J connectivity index is 1.63. The monoisotopic (exact) mass is 499 g/mol. The maximum Gasteiger partial charge on any atom is 0.253 e. The smallest absolute Gasteiger partial charge is 0.253 e. The number of carbonyl (C=O) groups is 3. The third kappa shape index (κ3) is 3.53. The number of hydrogen-bond donors (Lipinski definition) is 1. The summed E-state index contributed by atoms with van der Waals surface area (Å²) in [6, 6.07) is 5.38. The SMILES string of the molecule is CCCN1CC=C[C@H]2O[C@]34C=CCN(c5ccccc5Cl)C(=O)C3N([C@H](C)CO)C(=O)[C@@H]4[C@H]2C1=O. The van der Waals surface area contributed by atoms with Gasteiger partial charge in [0.1, 0.15) is 11.6 Å². The van der Waals surface area contributed by atoms with Crippen LogP contribution in [-0.2, 0) is 19.1 Å². The van der Waals surface area contributed by atoms with Gasteiger partial charge in [-0.3, -0.25) is 14.4 Å². The summed E-state index contributed by atoms with van der Waals surface area (Å²) in [6.07, 6.45) is 7.54. The van der Waals surface area contributed by atoms with E-state index in [2.05, 4.69) is 0 Å². The lowest BCUT2D eigenvalue weighted by molar-refractivity contribution is -0.146. The van der Waals surface area contributed by atoms with Gasteiger partial charge >= 0.3 is 0 Å². The van der Waals surface area contributed by atoms with Gasteiger partial charge in [-0.25, -0.2) is 0 Å². The predicted molar refractivity (Wildman–Crippen MR) is 131 cm³/mol. The molecule has 4 aliphatic rings. The van der Waals surface area contributed by atoms with Crippen molar-refractivity contribution in [3.63, 3.8) is 0 Å². The number of benzene rings is 1. The molecule has 3 amide bonds. The summed E-state index contributed by atoms with van der Waals surface area (Å²) < 4.78 is 6.57. The lowest BCUT2D eigenvalue weighted by atomic mass is 9.77. The summed E-state index contributed by atoms with van der Waals surface area (Å²) in [5, 5.41) is 10.4. The van der Waals surface area contributed by atoms with Crippen molar-refractivity contribution >= 4 is 35.0 Å². The van der Waals surface area contributed by atoms with Crippen LogP contribution in [0, 0.1) is 11.8 Å². The van der Waals surface area contributed by atoms with Gasteiger partial charge in [-0.2, -0.15) is 0 Å². The Labute approximate surface area is 209 Å². The molecule has 186 valence electrons. The summed E-state index contributed by atoms with van der Waals surface area (Å²) in [6.45, 7) is 4.67. The number of likely N-dealkylation sites (tertiary alicyclic amines) is 1. The molecule has 0 aliphatic carbocycles. The first-order valence-corrected chi connectivity index (χ1v) is 12.5. The van der Waals surface area contributed by atoms with Gasteiger partial charge in [-0.05, 0) is 25.5 Å². The molecule has 1 spiro atoms. The van der Waals surface area contributed by atoms with Crippen molar-refractivity contribution in [1.82, 2.24) is 9.80 Å². The number of aliphatic hydroxyl groups is 1. The number of carbonyl (C=O) groups excluding carboxylic acids is 3. The van der Waals surface area contributed by atoms with Crippen LogP contribution in [-0.4, -0.2) is 82.7 Å². The highest BCUT2D eigenvalue weighted by Gasteiger charge is 2.72. The van der Waals surface area contributed by atoms with Gasteiger partial charge in [0.2, 0.25) is 11.8 Å². The van der Waals surface area contributed by atoms with Crippen LogP contribution in [0.1, 0.15) is 20.3 Å². The maximum atomic E-state index is 14.2. The molecule has 1 unspecified atom stereocenters. The summed E-state index contributed by atoms with van der Waals surface area (Å²) >= 11 is 6.44. The number of ether oxygens (including phenoxy) is 1. The van der Waals surface area contributed by atoms with Crippen molar-refractivity contribution < 1.29 is 24.2 Å². The summed E-state index contributed by atoms with van der Waals surface area (Å²) in [7, 11) is 0.